The summed E-state index contributed by atoms with van der Waals surface area (Å²) in [6, 6.07) is 7.60. The average Bonchev–Trinajstić information content (AvgIpc) is 2.19. The Bertz CT molecular complexity index is 377. The molecule has 0 bridgehead atoms. The van der Waals surface area contributed by atoms with Crippen LogP contribution in [-0.2, 0) is 17.6 Å². The van der Waals surface area contributed by atoms with Crippen LogP contribution in [0.4, 0.5) is 0 Å². The number of hydrogen-bond donors (Lipinski definition) is 2. The molecule has 1 aromatic rings. The highest BCUT2D eigenvalue weighted by Crippen LogP contribution is 2.15. The third-order valence-corrected chi connectivity index (χ3v) is 2.86. The van der Waals surface area contributed by atoms with Crippen molar-refractivity contribution in [2.75, 3.05) is 0 Å². The normalized spacial score (nSPS) is 16.3. The largest absolute Gasteiger partial charge is 0.393 e. The molecule has 1 rings (SSSR count). The number of ketones is 1. The first-order chi connectivity index (χ1) is 7.81. The molecule has 2 N–H and O–H groups in total. The molecule has 0 aromatic heterocycles. The molecule has 0 aliphatic carbocycles. The quantitative estimate of drug-likeness (QED) is 0.814. The molecule has 1 aromatic carbocycles. The predicted octanol–water partition coefficient (Wildman–Crippen LogP) is 1.49. The standard InChI is InChI=1S/C14H20O3/c1-10(15)8-12-4-6-13(7-5-12)9-14(3,17)11(2)16/h4-7,10,15,17H,8-9H2,1-3H3. The molecule has 0 amide bonds. The van der Waals surface area contributed by atoms with Gasteiger partial charge in [-0.2, -0.15) is 0 Å². The van der Waals surface area contributed by atoms with Crippen LogP contribution < -0.4 is 0 Å². The summed E-state index contributed by atoms with van der Waals surface area (Å²) < 4.78 is 0. The third-order valence-electron chi connectivity index (χ3n) is 2.86. The summed E-state index contributed by atoms with van der Waals surface area (Å²) >= 11 is 0. The van der Waals surface area contributed by atoms with E-state index in [0.717, 1.165) is 11.1 Å². The molecular formula is C14H20O3. The second-order valence-electron chi connectivity index (χ2n) is 4.88. The first-order valence-corrected chi connectivity index (χ1v) is 5.80. The average molecular weight is 236 g/mol. The minimum absolute atomic E-state index is 0.231. The number of benzene rings is 1. The molecule has 2 unspecified atom stereocenters. The summed E-state index contributed by atoms with van der Waals surface area (Å²) in [4.78, 5) is 11.2. The van der Waals surface area contributed by atoms with Gasteiger partial charge in [-0.1, -0.05) is 24.3 Å². The number of rotatable bonds is 5. The molecule has 0 saturated heterocycles. The molecule has 0 fully saturated rings. The highest BCUT2D eigenvalue weighted by atomic mass is 16.3. The van der Waals surface area contributed by atoms with Gasteiger partial charge < -0.3 is 10.2 Å². The van der Waals surface area contributed by atoms with E-state index in [0.29, 0.717) is 12.8 Å². The minimum atomic E-state index is -1.30. The van der Waals surface area contributed by atoms with Crippen molar-refractivity contribution in [3.8, 4) is 0 Å². The van der Waals surface area contributed by atoms with E-state index < -0.39 is 5.60 Å². The molecule has 17 heavy (non-hydrogen) atoms. The molecule has 0 aliphatic rings. The van der Waals surface area contributed by atoms with E-state index in [2.05, 4.69) is 0 Å². The Balaban J connectivity index is 2.72. The lowest BCUT2D eigenvalue weighted by molar-refractivity contribution is -0.133. The van der Waals surface area contributed by atoms with Crippen molar-refractivity contribution in [2.45, 2.75) is 45.3 Å². The fourth-order valence-electron chi connectivity index (χ4n) is 1.66. The highest BCUT2D eigenvalue weighted by Gasteiger charge is 2.26. The van der Waals surface area contributed by atoms with Crippen molar-refractivity contribution >= 4 is 5.78 Å². The van der Waals surface area contributed by atoms with Crippen molar-refractivity contribution in [3.05, 3.63) is 35.4 Å². The van der Waals surface area contributed by atoms with Gasteiger partial charge >= 0.3 is 0 Å². The van der Waals surface area contributed by atoms with E-state index >= 15 is 0 Å². The molecule has 2 atom stereocenters. The number of hydrogen-bond acceptors (Lipinski definition) is 3. The van der Waals surface area contributed by atoms with E-state index in [4.69, 9.17) is 0 Å². The Morgan fingerprint density at radius 2 is 1.76 bits per heavy atom. The molecule has 0 saturated carbocycles. The summed E-state index contributed by atoms with van der Waals surface area (Å²) in [7, 11) is 0. The summed E-state index contributed by atoms with van der Waals surface area (Å²) in [5.41, 5.74) is 0.664. The van der Waals surface area contributed by atoms with Crippen molar-refractivity contribution in [1.82, 2.24) is 0 Å². The fourth-order valence-corrected chi connectivity index (χ4v) is 1.66. The van der Waals surface area contributed by atoms with Crippen molar-refractivity contribution in [1.29, 1.82) is 0 Å². The Kier molecular flexibility index (Phi) is 4.43. The maximum absolute atomic E-state index is 11.2. The second kappa shape index (κ2) is 5.43. The molecule has 94 valence electrons. The van der Waals surface area contributed by atoms with Gasteiger partial charge in [-0.3, -0.25) is 4.79 Å². The van der Waals surface area contributed by atoms with E-state index in [9.17, 15) is 15.0 Å². The fraction of sp³-hybridized carbons (Fsp3) is 0.500. The molecule has 0 radical (unpaired) electrons. The number of Topliss-reactive ketones (excluding diaryl/α,β-unsaturated/α-hetero) is 1. The van der Waals surface area contributed by atoms with E-state index in [1.165, 1.54) is 13.8 Å². The van der Waals surface area contributed by atoms with Gasteiger partial charge in [0.1, 0.15) is 5.60 Å². The van der Waals surface area contributed by atoms with Gasteiger partial charge in [0, 0.05) is 6.42 Å². The van der Waals surface area contributed by atoms with Crippen LogP contribution in [0.15, 0.2) is 24.3 Å². The lowest BCUT2D eigenvalue weighted by Crippen LogP contribution is -2.35. The molecule has 0 aliphatic heterocycles. The van der Waals surface area contributed by atoms with Crippen LogP contribution in [-0.4, -0.2) is 27.7 Å². The predicted molar refractivity (Wildman–Crippen MR) is 66.8 cm³/mol. The number of aliphatic hydroxyl groups is 2. The lowest BCUT2D eigenvalue weighted by Gasteiger charge is -2.19. The zero-order valence-electron chi connectivity index (χ0n) is 10.6. The van der Waals surface area contributed by atoms with Crippen LogP contribution in [0.3, 0.4) is 0 Å². The van der Waals surface area contributed by atoms with Crippen molar-refractivity contribution in [3.63, 3.8) is 0 Å². The Morgan fingerprint density at radius 3 is 2.18 bits per heavy atom. The van der Waals surface area contributed by atoms with Crippen LogP contribution in [0.1, 0.15) is 31.9 Å². The van der Waals surface area contributed by atoms with Crippen LogP contribution in [0.5, 0.6) is 0 Å². The summed E-state index contributed by atoms with van der Waals surface area (Å²) in [6.45, 7) is 4.66. The molecule has 3 heteroatoms. The maximum Gasteiger partial charge on any atom is 0.161 e. The van der Waals surface area contributed by atoms with Crippen LogP contribution in [0.25, 0.3) is 0 Å². The van der Waals surface area contributed by atoms with E-state index in [1.54, 1.807) is 6.92 Å². The van der Waals surface area contributed by atoms with E-state index in [1.807, 2.05) is 24.3 Å². The van der Waals surface area contributed by atoms with Crippen molar-refractivity contribution < 1.29 is 15.0 Å². The lowest BCUT2D eigenvalue weighted by atomic mass is 9.92. The van der Waals surface area contributed by atoms with E-state index in [-0.39, 0.29) is 11.9 Å². The van der Waals surface area contributed by atoms with Gasteiger partial charge in [-0.15, -0.1) is 0 Å². The SMILES string of the molecule is CC(=O)C(C)(O)Cc1ccc(CC(C)O)cc1. The molecule has 0 heterocycles. The molecular weight excluding hydrogens is 216 g/mol. The van der Waals surface area contributed by atoms with Crippen LogP contribution >= 0.6 is 0 Å². The Hall–Kier alpha value is -1.19. The molecule has 0 spiro atoms. The smallest absolute Gasteiger partial charge is 0.161 e. The first kappa shape index (κ1) is 13.9. The zero-order valence-corrected chi connectivity index (χ0v) is 10.6. The second-order valence-corrected chi connectivity index (χ2v) is 4.88. The zero-order chi connectivity index (χ0) is 13.1. The van der Waals surface area contributed by atoms with Gasteiger partial charge in [-0.05, 0) is 38.3 Å². The Morgan fingerprint density at radius 1 is 1.29 bits per heavy atom. The van der Waals surface area contributed by atoms with Gasteiger partial charge in [0.2, 0.25) is 0 Å². The first-order valence-electron chi connectivity index (χ1n) is 5.80. The summed E-state index contributed by atoms with van der Waals surface area (Å²) in [5.74, 6) is -0.231. The van der Waals surface area contributed by atoms with Crippen molar-refractivity contribution in [2.24, 2.45) is 0 Å². The minimum Gasteiger partial charge on any atom is -0.393 e. The monoisotopic (exact) mass is 236 g/mol. The third kappa shape index (κ3) is 4.29. The summed E-state index contributed by atoms with van der Waals surface area (Å²) in [6.07, 6.45) is 0.571. The summed E-state index contributed by atoms with van der Waals surface area (Å²) in [5, 5.41) is 19.1. The number of carbonyl (C=O) groups is 1. The topological polar surface area (TPSA) is 57.5 Å². The van der Waals surface area contributed by atoms with Gasteiger partial charge in [-0.25, -0.2) is 0 Å². The van der Waals surface area contributed by atoms with Crippen LogP contribution in [0.2, 0.25) is 0 Å². The van der Waals surface area contributed by atoms with Gasteiger partial charge in [0.05, 0.1) is 6.10 Å². The molecule has 3 nitrogen and oxygen atoms in total. The Labute approximate surface area is 102 Å². The number of carbonyl (C=O) groups excluding carboxylic acids is 1. The van der Waals surface area contributed by atoms with Crippen LogP contribution in [0, 0.1) is 0 Å². The number of aliphatic hydroxyl groups excluding tert-OH is 1. The van der Waals surface area contributed by atoms with Gasteiger partial charge in [0.15, 0.2) is 5.78 Å². The maximum atomic E-state index is 11.2. The van der Waals surface area contributed by atoms with Gasteiger partial charge in [0.25, 0.3) is 0 Å². The highest BCUT2D eigenvalue weighted by molar-refractivity contribution is 5.84.